The van der Waals surface area contributed by atoms with E-state index in [-0.39, 0.29) is 45.6 Å². The summed E-state index contributed by atoms with van der Waals surface area (Å²) in [7, 11) is 0. The maximum absolute atomic E-state index is 14.0. The summed E-state index contributed by atoms with van der Waals surface area (Å²) in [5, 5.41) is 2.94. The van der Waals surface area contributed by atoms with E-state index in [1.807, 2.05) is 12.1 Å². The van der Waals surface area contributed by atoms with Gasteiger partial charge in [-0.15, -0.1) is 11.3 Å². The van der Waals surface area contributed by atoms with Gasteiger partial charge in [-0.3, -0.25) is 0 Å². The normalized spacial score (nSPS) is 10.8. The Morgan fingerprint density at radius 3 is 1.00 bits per heavy atom. The molecule has 0 fully saturated rings. The van der Waals surface area contributed by atoms with E-state index in [1.165, 1.54) is 45.1 Å². The maximum atomic E-state index is 14.0. The van der Waals surface area contributed by atoms with Crippen molar-refractivity contribution in [3.8, 4) is 0 Å². The first-order valence-corrected chi connectivity index (χ1v) is 24.7. The summed E-state index contributed by atoms with van der Waals surface area (Å²) in [6.07, 6.45) is 0. The van der Waals surface area contributed by atoms with Gasteiger partial charge in [0, 0.05) is 44.1 Å². The third-order valence-electron chi connectivity index (χ3n) is 12.5. The fourth-order valence-electron chi connectivity index (χ4n) is 7.62. The zero-order valence-electron chi connectivity index (χ0n) is 44.2. The Hall–Kier alpha value is -7.65. The molecule has 11 aromatic rings. The van der Waals surface area contributed by atoms with Crippen molar-refractivity contribution < 1.29 is 52.7 Å². The number of furan rings is 1. The topological polar surface area (TPSA) is 38.9 Å². The molecule has 0 aliphatic heterocycles. The van der Waals surface area contributed by atoms with E-state index in [1.54, 1.807) is 140 Å². The lowest BCUT2D eigenvalue weighted by Crippen LogP contribution is -1.95. The van der Waals surface area contributed by atoms with Crippen molar-refractivity contribution in [2.24, 2.45) is 0 Å². The van der Waals surface area contributed by atoms with E-state index >= 15 is 0 Å². The first-order chi connectivity index (χ1) is 36.2. The molecule has 0 bridgehead atoms. The van der Waals surface area contributed by atoms with E-state index in [2.05, 4.69) is 9.97 Å². The van der Waals surface area contributed by atoms with Crippen molar-refractivity contribution in [2.75, 3.05) is 0 Å². The second kappa shape index (κ2) is 24.6. The van der Waals surface area contributed by atoms with Gasteiger partial charge in [-0.1, -0.05) is 84.9 Å². The molecular weight excluding hydrogens is 1030 g/mol. The van der Waals surface area contributed by atoms with Crippen molar-refractivity contribution >= 4 is 64.2 Å². The lowest BCUT2D eigenvalue weighted by molar-refractivity contribution is 0.497. The van der Waals surface area contributed by atoms with E-state index in [4.69, 9.17) is 4.42 Å². The third-order valence-corrected chi connectivity index (χ3v) is 13.7. The molecular formula is C62H53F11N2OS. The second-order valence-corrected chi connectivity index (χ2v) is 19.6. The van der Waals surface area contributed by atoms with Crippen LogP contribution < -0.4 is 0 Å². The van der Waals surface area contributed by atoms with Crippen LogP contribution in [0.2, 0.25) is 0 Å². The van der Waals surface area contributed by atoms with Gasteiger partial charge in [-0.2, -0.15) is 8.78 Å². The predicted octanol–water partition coefficient (Wildman–Crippen LogP) is 19.6. The number of fused-ring (bicyclic) bond motifs is 7. The summed E-state index contributed by atoms with van der Waals surface area (Å²) in [5.41, 5.74) is 6.27. The molecule has 3 nitrogen and oxygen atoms in total. The Balaban J connectivity index is 0.000000153. The molecule has 4 heterocycles. The smallest absolute Gasteiger partial charge is 0.215 e. The minimum absolute atomic E-state index is 0.129. The van der Waals surface area contributed by atoms with Crippen LogP contribution in [0.25, 0.3) is 52.9 Å². The monoisotopic (exact) mass is 1080 g/mol. The minimum Gasteiger partial charge on any atom is -0.450 e. The lowest BCUT2D eigenvalue weighted by atomic mass is 10.0. The molecule has 0 aliphatic carbocycles. The van der Waals surface area contributed by atoms with Gasteiger partial charge in [-0.25, -0.2) is 49.5 Å². The number of hydrogen-bond acceptors (Lipinski definition) is 4. The number of aryl methyl sites for hydroxylation is 12. The molecule has 11 rings (SSSR count). The SMILES string of the molecule is Cc1cc2ccc(C)c(F)c2c(F)c1F.Cc1ccc(C)c(F)c1F.Cc1ccc(C)c(F)n1.Cc1ccc(C)c(F)n1.Cc1ccc2c(oc3c(F)c(C)ccc32)c1F.Cc1ccc2c(sc3c(F)c(C)ccc32)c1F. The molecule has 0 saturated heterocycles. The van der Waals surface area contributed by atoms with Crippen molar-refractivity contribution in [3.05, 3.63) is 234 Å². The highest BCUT2D eigenvalue weighted by molar-refractivity contribution is 7.25. The molecule has 0 unspecified atom stereocenters. The molecule has 0 aliphatic rings. The van der Waals surface area contributed by atoms with Crippen LogP contribution in [0.1, 0.15) is 67.0 Å². The van der Waals surface area contributed by atoms with Crippen LogP contribution in [0, 0.1) is 147 Å². The summed E-state index contributed by atoms with van der Waals surface area (Å²) in [4.78, 5) is 7.21. The van der Waals surface area contributed by atoms with Crippen molar-refractivity contribution in [3.63, 3.8) is 0 Å². The molecule has 0 N–H and O–H groups in total. The molecule has 0 atom stereocenters. The van der Waals surface area contributed by atoms with Crippen molar-refractivity contribution in [1.29, 1.82) is 0 Å². The molecule has 0 amide bonds. The predicted molar refractivity (Wildman–Crippen MR) is 288 cm³/mol. The molecule has 400 valence electrons. The van der Waals surface area contributed by atoms with Gasteiger partial charge < -0.3 is 4.42 Å². The van der Waals surface area contributed by atoms with E-state index in [0.717, 1.165) is 22.2 Å². The summed E-state index contributed by atoms with van der Waals surface area (Å²) in [6, 6.07) is 28.8. The summed E-state index contributed by atoms with van der Waals surface area (Å²) < 4.78 is 152. The van der Waals surface area contributed by atoms with Gasteiger partial charge in [0.15, 0.2) is 46.1 Å². The fraction of sp³-hybridized carbons (Fsp3) is 0.194. The number of nitrogens with zero attached hydrogens (tertiary/aromatic N) is 2. The van der Waals surface area contributed by atoms with E-state index in [0.29, 0.717) is 75.6 Å². The van der Waals surface area contributed by atoms with Gasteiger partial charge in [0.05, 0.1) is 14.8 Å². The average molecular weight is 1080 g/mol. The Labute approximate surface area is 442 Å². The first kappa shape index (κ1) is 58.6. The first-order valence-electron chi connectivity index (χ1n) is 23.9. The Kier molecular flexibility index (Phi) is 18.7. The quantitative estimate of drug-likeness (QED) is 0.112. The van der Waals surface area contributed by atoms with Crippen LogP contribution in [-0.4, -0.2) is 9.97 Å². The molecule has 77 heavy (non-hydrogen) atoms. The highest BCUT2D eigenvalue weighted by atomic mass is 32.1. The van der Waals surface area contributed by atoms with E-state index < -0.39 is 40.7 Å². The lowest BCUT2D eigenvalue weighted by Gasteiger charge is -2.06. The highest BCUT2D eigenvalue weighted by Gasteiger charge is 2.18. The number of halogens is 11. The van der Waals surface area contributed by atoms with Crippen LogP contribution in [0.4, 0.5) is 48.3 Å². The zero-order chi connectivity index (χ0) is 56.9. The largest absolute Gasteiger partial charge is 0.450 e. The van der Waals surface area contributed by atoms with Crippen LogP contribution in [-0.2, 0) is 0 Å². The fourth-order valence-corrected chi connectivity index (χ4v) is 8.90. The van der Waals surface area contributed by atoms with Crippen molar-refractivity contribution in [1.82, 2.24) is 9.97 Å². The number of aromatic nitrogens is 2. The van der Waals surface area contributed by atoms with Gasteiger partial charge >= 0.3 is 0 Å². The van der Waals surface area contributed by atoms with Crippen molar-refractivity contribution in [2.45, 2.75) is 83.1 Å². The Bertz CT molecular complexity index is 3670. The number of benzene rings is 7. The van der Waals surface area contributed by atoms with Crippen LogP contribution >= 0.6 is 11.3 Å². The Morgan fingerprint density at radius 2 is 0.610 bits per heavy atom. The number of hydrogen-bond donors (Lipinski definition) is 0. The van der Waals surface area contributed by atoms with E-state index in [9.17, 15) is 48.3 Å². The van der Waals surface area contributed by atoms with Gasteiger partial charge in [0.1, 0.15) is 17.5 Å². The summed E-state index contributed by atoms with van der Waals surface area (Å²) in [6.45, 7) is 19.7. The Morgan fingerprint density at radius 1 is 0.299 bits per heavy atom. The third kappa shape index (κ3) is 13.0. The average Bonchev–Trinajstić information content (AvgIpc) is 4.03. The minimum atomic E-state index is -1.11. The zero-order valence-corrected chi connectivity index (χ0v) is 45.0. The number of pyridine rings is 2. The second-order valence-electron chi connectivity index (χ2n) is 18.6. The summed E-state index contributed by atoms with van der Waals surface area (Å²) in [5.74, 6) is -6.29. The molecule has 0 saturated carbocycles. The summed E-state index contributed by atoms with van der Waals surface area (Å²) >= 11 is 1.19. The van der Waals surface area contributed by atoms with Crippen LogP contribution in [0.5, 0.6) is 0 Å². The molecule has 0 radical (unpaired) electrons. The molecule has 7 aromatic carbocycles. The molecule has 0 spiro atoms. The molecule has 4 aromatic heterocycles. The molecule has 15 heteroatoms. The van der Waals surface area contributed by atoms with Gasteiger partial charge in [-0.05, 0) is 151 Å². The van der Waals surface area contributed by atoms with Gasteiger partial charge in [0.2, 0.25) is 11.9 Å². The van der Waals surface area contributed by atoms with Gasteiger partial charge in [0.25, 0.3) is 0 Å². The standard InChI is InChI=1S/C14H10F2O.C14H10F2S.C12H9F3.C8H8F2.2C7H8FN/c2*1-7-3-5-9-10-6-4-8(2)12(16)14(10)17-13(9)11(7)15;1-6-3-4-8-5-7(2)11(14)12(15)9(8)10(6)13;1-5-3-4-6(2)8(10)7(5)9;2*1-5-3-4-6(2)9-7(5)8/h2*3-6H,1-2H3;3-5H,1-2H3;3-4H,1-2H3;2*3-4H,1-2H3. The van der Waals surface area contributed by atoms with Crippen LogP contribution in [0.15, 0.2) is 108 Å². The number of rotatable bonds is 0. The maximum Gasteiger partial charge on any atom is 0.215 e. The highest BCUT2D eigenvalue weighted by Crippen LogP contribution is 2.39. The van der Waals surface area contributed by atoms with Crippen LogP contribution in [0.3, 0.4) is 0 Å². The number of thiophene rings is 1.